The van der Waals surface area contributed by atoms with Gasteiger partial charge in [-0.05, 0) is 59.3 Å². The van der Waals surface area contributed by atoms with Gasteiger partial charge in [-0.1, -0.05) is 22.0 Å². The molecule has 2 rings (SSSR count). The largest absolute Gasteiger partial charge is 0.497 e. The lowest BCUT2D eigenvalue weighted by Crippen LogP contribution is -2.47. The summed E-state index contributed by atoms with van der Waals surface area (Å²) in [6.45, 7) is 1.59. The lowest BCUT2D eigenvalue weighted by molar-refractivity contribution is -0.128. The van der Waals surface area contributed by atoms with Gasteiger partial charge >= 0.3 is 0 Å². The zero-order valence-electron chi connectivity index (χ0n) is 13.5. The second kappa shape index (κ2) is 8.87. The molecule has 2 amide bonds. The number of carbonyl (C=O) groups excluding carboxylic acids is 2. The molecule has 0 spiro atoms. The van der Waals surface area contributed by atoms with E-state index >= 15 is 0 Å². The summed E-state index contributed by atoms with van der Waals surface area (Å²) in [7, 11) is 1.51. The second-order valence-corrected chi connectivity index (χ2v) is 6.78. The Morgan fingerprint density at radius 1 is 1.04 bits per heavy atom. The van der Waals surface area contributed by atoms with Crippen molar-refractivity contribution in [1.82, 2.24) is 10.9 Å². The Bertz CT molecular complexity index is 783. The summed E-state index contributed by atoms with van der Waals surface area (Å²) in [6, 6.07) is 12.1. The van der Waals surface area contributed by atoms with E-state index in [0.717, 1.165) is 4.47 Å². The standard InChI is InChI=1S/C17H16Br2N2O4/c1-10(25-13-5-3-4-11(18)8-13)16(22)20-21-17(23)14-9-12(24-2)6-7-15(14)19/h3-10H,1-2H3,(H,20,22)(H,21,23). The number of hydrogen-bond acceptors (Lipinski definition) is 4. The number of nitrogens with one attached hydrogen (secondary N) is 2. The Labute approximate surface area is 162 Å². The number of hydrazine groups is 1. The van der Waals surface area contributed by atoms with Crippen LogP contribution in [0, 0.1) is 0 Å². The van der Waals surface area contributed by atoms with Crippen molar-refractivity contribution in [2.75, 3.05) is 7.11 Å². The number of benzene rings is 2. The van der Waals surface area contributed by atoms with E-state index in [2.05, 4.69) is 42.7 Å². The highest BCUT2D eigenvalue weighted by atomic mass is 79.9. The van der Waals surface area contributed by atoms with Crippen LogP contribution in [0.2, 0.25) is 0 Å². The molecule has 8 heteroatoms. The first-order valence-corrected chi connectivity index (χ1v) is 8.85. The van der Waals surface area contributed by atoms with Crippen LogP contribution in [0.4, 0.5) is 0 Å². The first-order valence-electron chi connectivity index (χ1n) is 7.26. The maximum atomic E-state index is 12.2. The molecule has 25 heavy (non-hydrogen) atoms. The van der Waals surface area contributed by atoms with Crippen molar-refractivity contribution in [3.05, 3.63) is 57.0 Å². The third-order valence-electron chi connectivity index (χ3n) is 3.20. The summed E-state index contributed by atoms with van der Waals surface area (Å²) in [4.78, 5) is 24.3. The van der Waals surface area contributed by atoms with Gasteiger partial charge in [0.15, 0.2) is 6.10 Å². The Kier molecular flexibility index (Phi) is 6.83. The fourth-order valence-corrected chi connectivity index (χ4v) is 2.70. The van der Waals surface area contributed by atoms with Crippen molar-refractivity contribution in [3.63, 3.8) is 0 Å². The molecule has 2 aromatic carbocycles. The van der Waals surface area contributed by atoms with Crippen LogP contribution in [-0.2, 0) is 4.79 Å². The van der Waals surface area contributed by atoms with Crippen LogP contribution in [0.5, 0.6) is 11.5 Å². The van der Waals surface area contributed by atoms with Crippen molar-refractivity contribution >= 4 is 43.7 Å². The van der Waals surface area contributed by atoms with Gasteiger partial charge in [-0.3, -0.25) is 20.4 Å². The van der Waals surface area contributed by atoms with Gasteiger partial charge in [0.25, 0.3) is 11.8 Å². The van der Waals surface area contributed by atoms with E-state index in [1.807, 2.05) is 6.07 Å². The second-order valence-electron chi connectivity index (χ2n) is 5.01. The van der Waals surface area contributed by atoms with Gasteiger partial charge in [0.1, 0.15) is 11.5 Å². The molecule has 1 unspecified atom stereocenters. The predicted octanol–water partition coefficient (Wildman–Crippen LogP) is 3.45. The highest BCUT2D eigenvalue weighted by molar-refractivity contribution is 9.10. The molecule has 1 atom stereocenters. The average Bonchev–Trinajstić information content (AvgIpc) is 2.59. The lowest BCUT2D eigenvalue weighted by atomic mass is 10.2. The molecule has 0 aromatic heterocycles. The zero-order valence-corrected chi connectivity index (χ0v) is 16.7. The highest BCUT2D eigenvalue weighted by Crippen LogP contribution is 2.22. The van der Waals surface area contributed by atoms with E-state index in [4.69, 9.17) is 9.47 Å². The SMILES string of the molecule is COc1ccc(Br)c(C(=O)NNC(=O)C(C)Oc2cccc(Br)c2)c1. The van der Waals surface area contributed by atoms with Crippen LogP contribution < -0.4 is 20.3 Å². The maximum Gasteiger partial charge on any atom is 0.279 e. The summed E-state index contributed by atoms with van der Waals surface area (Å²) in [6.07, 6.45) is -0.789. The smallest absolute Gasteiger partial charge is 0.279 e. The minimum atomic E-state index is -0.789. The molecular weight excluding hydrogens is 456 g/mol. The summed E-state index contributed by atoms with van der Waals surface area (Å²) < 4.78 is 12.0. The molecule has 2 aromatic rings. The number of rotatable bonds is 5. The van der Waals surface area contributed by atoms with Crippen LogP contribution in [0.1, 0.15) is 17.3 Å². The predicted molar refractivity (Wildman–Crippen MR) is 101 cm³/mol. The van der Waals surface area contributed by atoms with Crippen LogP contribution in [0.3, 0.4) is 0 Å². The monoisotopic (exact) mass is 470 g/mol. The fraction of sp³-hybridized carbons (Fsp3) is 0.176. The molecule has 0 aliphatic heterocycles. The van der Waals surface area contributed by atoms with Crippen molar-refractivity contribution in [2.45, 2.75) is 13.0 Å². The average molecular weight is 472 g/mol. The maximum absolute atomic E-state index is 12.2. The van der Waals surface area contributed by atoms with E-state index in [-0.39, 0.29) is 0 Å². The number of hydrogen-bond donors (Lipinski definition) is 2. The minimum absolute atomic E-state index is 0.334. The molecule has 0 radical (unpaired) electrons. The molecule has 132 valence electrons. The summed E-state index contributed by atoms with van der Waals surface area (Å²) in [5, 5.41) is 0. The Hall–Kier alpha value is -2.06. The van der Waals surface area contributed by atoms with E-state index in [1.165, 1.54) is 7.11 Å². The van der Waals surface area contributed by atoms with E-state index in [1.54, 1.807) is 43.3 Å². The fourth-order valence-electron chi connectivity index (χ4n) is 1.89. The summed E-state index contributed by atoms with van der Waals surface area (Å²) in [5.41, 5.74) is 5.03. The number of ether oxygens (including phenoxy) is 2. The lowest BCUT2D eigenvalue weighted by Gasteiger charge is -2.15. The van der Waals surface area contributed by atoms with E-state index in [0.29, 0.717) is 21.5 Å². The quantitative estimate of drug-likeness (QED) is 0.655. The third kappa shape index (κ3) is 5.47. The van der Waals surface area contributed by atoms with E-state index in [9.17, 15) is 9.59 Å². The van der Waals surface area contributed by atoms with Crippen molar-refractivity contribution in [1.29, 1.82) is 0 Å². The molecule has 2 N–H and O–H groups in total. The van der Waals surface area contributed by atoms with Crippen LogP contribution >= 0.6 is 31.9 Å². The topological polar surface area (TPSA) is 76.7 Å². The van der Waals surface area contributed by atoms with Crippen molar-refractivity contribution < 1.29 is 19.1 Å². The zero-order chi connectivity index (χ0) is 18.4. The number of methoxy groups -OCH3 is 1. The molecule has 0 fully saturated rings. The third-order valence-corrected chi connectivity index (χ3v) is 4.38. The van der Waals surface area contributed by atoms with Gasteiger partial charge in [0, 0.05) is 8.95 Å². The molecule has 0 aliphatic carbocycles. The summed E-state index contributed by atoms with van der Waals surface area (Å²) >= 11 is 6.62. The molecule has 0 saturated heterocycles. The normalized spacial score (nSPS) is 11.4. The highest BCUT2D eigenvalue weighted by Gasteiger charge is 2.17. The molecule has 0 saturated carbocycles. The molecular formula is C17H16Br2N2O4. The van der Waals surface area contributed by atoms with Gasteiger partial charge in [-0.2, -0.15) is 0 Å². The Balaban J connectivity index is 1.93. The molecule has 6 nitrogen and oxygen atoms in total. The Morgan fingerprint density at radius 2 is 1.80 bits per heavy atom. The number of carbonyl (C=O) groups is 2. The first-order chi connectivity index (χ1) is 11.9. The molecule has 0 heterocycles. The molecule has 0 bridgehead atoms. The van der Waals surface area contributed by atoms with Gasteiger partial charge in [0.2, 0.25) is 0 Å². The summed E-state index contributed by atoms with van der Waals surface area (Å²) in [5.74, 6) is 0.117. The minimum Gasteiger partial charge on any atom is -0.497 e. The Morgan fingerprint density at radius 3 is 2.48 bits per heavy atom. The van der Waals surface area contributed by atoms with Crippen molar-refractivity contribution in [2.24, 2.45) is 0 Å². The first kappa shape index (κ1) is 19.3. The van der Waals surface area contributed by atoms with Gasteiger partial charge in [-0.25, -0.2) is 0 Å². The van der Waals surface area contributed by atoms with Gasteiger partial charge < -0.3 is 9.47 Å². The van der Waals surface area contributed by atoms with Crippen LogP contribution in [0.15, 0.2) is 51.4 Å². The van der Waals surface area contributed by atoms with Crippen molar-refractivity contribution in [3.8, 4) is 11.5 Å². The van der Waals surface area contributed by atoms with Gasteiger partial charge in [-0.15, -0.1) is 0 Å². The number of halogens is 2. The molecule has 0 aliphatic rings. The van der Waals surface area contributed by atoms with Crippen LogP contribution in [-0.4, -0.2) is 25.0 Å². The van der Waals surface area contributed by atoms with Gasteiger partial charge in [0.05, 0.1) is 12.7 Å². The van der Waals surface area contributed by atoms with Crippen LogP contribution in [0.25, 0.3) is 0 Å². The number of amides is 2. The van der Waals surface area contributed by atoms with E-state index < -0.39 is 17.9 Å².